The van der Waals surface area contributed by atoms with E-state index in [4.69, 9.17) is 4.74 Å². The fourth-order valence-electron chi connectivity index (χ4n) is 2.09. The molecule has 0 unspecified atom stereocenters. The van der Waals surface area contributed by atoms with E-state index < -0.39 is 22.3 Å². The summed E-state index contributed by atoms with van der Waals surface area (Å²) in [6.45, 7) is 3.78. The average molecular weight is 319 g/mol. The first-order valence-electron chi connectivity index (χ1n) is 6.88. The number of nitrogens with one attached hydrogen (secondary N) is 1. The summed E-state index contributed by atoms with van der Waals surface area (Å²) < 4.78 is 4.93. The van der Waals surface area contributed by atoms with Crippen molar-refractivity contribution in [2.24, 2.45) is 0 Å². The van der Waals surface area contributed by atoms with E-state index in [1.807, 2.05) is 6.07 Å². The monoisotopic (exact) mass is 319 g/mol. The fraction of sp³-hybridized carbons (Fsp3) is 0.333. The van der Waals surface area contributed by atoms with Crippen molar-refractivity contribution in [3.63, 3.8) is 0 Å². The number of phenolic OH excluding ortho intramolecular Hbond substituents is 1. The van der Waals surface area contributed by atoms with E-state index in [0.29, 0.717) is 18.5 Å². The Morgan fingerprint density at radius 1 is 1.48 bits per heavy atom. The number of hydrogen-bond donors (Lipinski definition) is 2. The van der Waals surface area contributed by atoms with Crippen LogP contribution in [0.2, 0.25) is 0 Å². The molecule has 0 spiro atoms. The predicted molar refractivity (Wildman–Crippen MR) is 82.8 cm³/mol. The Kier molecular flexibility index (Phi) is 6.09. The molecule has 0 aliphatic carbocycles. The van der Waals surface area contributed by atoms with Gasteiger partial charge in [0.05, 0.1) is 12.0 Å². The highest BCUT2D eigenvalue weighted by molar-refractivity contribution is 6.05. The number of phenols is 1. The zero-order chi connectivity index (χ0) is 17.6. The lowest BCUT2D eigenvalue weighted by atomic mass is 9.96. The van der Waals surface area contributed by atoms with E-state index in [-0.39, 0.29) is 16.9 Å². The van der Waals surface area contributed by atoms with Gasteiger partial charge in [0.1, 0.15) is 11.6 Å². The van der Waals surface area contributed by atoms with Crippen LogP contribution >= 0.6 is 0 Å². The van der Waals surface area contributed by atoms with Gasteiger partial charge in [0, 0.05) is 12.6 Å². The van der Waals surface area contributed by atoms with Gasteiger partial charge in [-0.05, 0) is 30.5 Å². The minimum absolute atomic E-state index is 0.103. The van der Waals surface area contributed by atoms with E-state index in [1.165, 1.54) is 13.2 Å². The van der Waals surface area contributed by atoms with Gasteiger partial charge in [0.15, 0.2) is 5.75 Å². The van der Waals surface area contributed by atoms with Gasteiger partial charge in [-0.2, -0.15) is 5.26 Å². The maximum Gasteiger partial charge on any atom is 0.315 e. The first-order valence-corrected chi connectivity index (χ1v) is 6.88. The summed E-state index contributed by atoms with van der Waals surface area (Å²) in [5, 5.41) is 32.6. The smallest absolute Gasteiger partial charge is 0.315 e. The highest BCUT2D eigenvalue weighted by atomic mass is 16.6. The number of nitriles is 1. The second kappa shape index (κ2) is 7.79. The van der Waals surface area contributed by atoms with Crippen molar-refractivity contribution >= 4 is 17.2 Å². The number of amides is 1. The summed E-state index contributed by atoms with van der Waals surface area (Å²) in [6.07, 6.45) is 0.297. The van der Waals surface area contributed by atoms with Crippen LogP contribution in [0.1, 0.15) is 25.8 Å². The third-order valence-corrected chi connectivity index (χ3v) is 3.15. The number of methoxy groups -OCH3 is 1. The Bertz CT molecular complexity index is 704. The first-order chi connectivity index (χ1) is 10.9. The number of hydrogen-bond acceptors (Lipinski definition) is 6. The Morgan fingerprint density at radius 3 is 2.57 bits per heavy atom. The number of nitro groups is 1. The number of rotatable bonds is 6. The lowest BCUT2D eigenvalue weighted by Crippen LogP contribution is -2.24. The van der Waals surface area contributed by atoms with Crippen LogP contribution in [-0.4, -0.2) is 29.6 Å². The maximum atomic E-state index is 12.0. The van der Waals surface area contributed by atoms with Crippen LogP contribution in [0.15, 0.2) is 17.7 Å². The molecular weight excluding hydrogens is 302 g/mol. The van der Waals surface area contributed by atoms with Gasteiger partial charge in [0.2, 0.25) is 5.75 Å². The summed E-state index contributed by atoms with van der Waals surface area (Å²) in [5.74, 6) is -1.26. The number of nitro benzene ring substituents is 1. The molecule has 0 bridgehead atoms. The molecule has 1 amide bonds. The summed E-state index contributed by atoms with van der Waals surface area (Å²) in [4.78, 5) is 22.3. The number of aromatic hydroxyl groups is 1. The lowest BCUT2D eigenvalue weighted by Gasteiger charge is -2.11. The predicted octanol–water partition coefficient (Wildman–Crippen LogP) is 2.13. The van der Waals surface area contributed by atoms with Crippen molar-refractivity contribution in [1.82, 2.24) is 5.32 Å². The lowest BCUT2D eigenvalue weighted by molar-refractivity contribution is -0.386. The SMILES string of the molecule is CCNC(=O)C(C#N)=C(CC)c1cc(OC)c(O)c([N+](=O)[O-])c1. The third kappa shape index (κ3) is 3.77. The number of carbonyl (C=O) groups excluding carboxylic acids is 1. The van der Waals surface area contributed by atoms with Gasteiger partial charge in [-0.3, -0.25) is 14.9 Å². The van der Waals surface area contributed by atoms with E-state index in [0.717, 1.165) is 6.07 Å². The van der Waals surface area contributed by atoms with Crippen molar-refractivity contribution in [2.75, 3.05) is 13.7 Å². The van der Waals surface area contributed by atoms with Gasteiger partial charge in [-0.15, -0.1) is 0 Å². The molecule has 23 heavy (non-hydrogen) atoms. The molecule has 0 fully saturated rings. The van der Waals surface area contributed by atoms with Crippen LogP contribution in [0.25, 0.3) is 5.57 Å². The molecule has 0 heterocycles. The number of allylic oxidation sites excluding steroid dienone is 1. The quantitative estimate of drug-likeness (QED) is 0.358. The molecule has 0 atom stereocenters. The molecule has 0 radical (unpaired) electrons. The number of ether oxygens (including phenoxy) is 1. The zero-order valence-corrected chi connectivity index (χ0v) is 13.0. The van der Waals surface area contributed by atoms with Crippen molar-refractivity contribution in [3.8, 4) is 17.6 Å². The van der Waals surface area contributed by atoms with E-state index in [2.05, 4.69) is 5.32 Å². The third-order valence-electron chi connectivity index (χ3n) is 3.15. The minimum Gasteiger partial charge on any atom is -0.500 e. The first kappa shape index (κ1) is 18.0. The Balaban J connectivity index is 3.64. The molecule has 122 valence electrons. The second-order valence-corrected chi connectivity index (χ2v) is 4.48. The molecule has 0 aliphatic heterocycles. The average Bonchev–Trinajstić information content (AvgIpc) is 2.52. The molecule has 2 N–H and O–H groups in total. The number of benzene rings is 1. The summed E-state index contributed by atoms with van der Waals surface area (Å²) in [5.41, 5.74) is -0.0774. The summed E-state index contributed by atoms with van der Waals surface area (Å²) in [6, 6.07) is 4.31. The summed E-state index contributed by atoms with van der Waals surface area (Å²) in [7, 11) is 1.26. The molecule has 0 aromatic heterocycles. The van der Waals surface area contributed by atoms with E-state index >= 15 is 0 Å². The largest absolute Gasteiger partial charge is 0.500 e. The maximum absolute atomic E-state index is 12.0. The molecular formula is C15H17N3O5. The Labute approximate surface area is 133 Å². The Hall–Kier alpha value is -3.08. The van der Waals surface area contributed by atoms with Crippen LogP contribution in [0.5, 0.6) is 11.5 Å². The highest BCUT2D eigenvalue weighted by Crippen LogP contribution is 2.39. The zero-order valence-electron chi connectivity index (χ0n) is 13.0. The highest BCUT2D eigenvalue weighted by Gasteiger charge is 2.23. The molecule has 1 rings (SSSR count). The van der Waals surface area contributed by atoms with Gasteiger partial charge >= 0.3 is 5.69 Å². The molecule has 8 nitrogen and oxygen atoms in total. The van der Waals surface area contributed by atoms with Gasteiger partial charge < -0.3 is 15.2 Å². The van der Waals surface area contributed by atoms with Crippen LogP contribution < -0.4 is 10.1 Å². The van der Waals surface area contributed by atoms with Gasteiger partial charge in [-0.1, -0.05) is 6.92 Å². The molecule has 8 heteroatoms. The van der Waals surface area contributed by atoms with Crippen molar-refractivity contribution < 1.29 is 19.6 Å². The van der Waals surface area contributed by atoms with Gasteiger partial charge in [0.25, 0.3) is 5.91 Å². The van der Waals surface area contributed by atoms with Gasteiger partial charge in [-0.25, -0.2) is 0 Å². The Morgan fingerprint density at radius 2 is 2.13 bits per heavy atom. The van der Waals surface area contributed by atoms with Crippen LogP contribution in [0.4, 0.5) is 5.69 Å². The van der Waals surface area contributed by atoms with E-state index in [1.54, 1.807) is 13.8 Å². The number of carbonyl (C=O) groups is 1. The van der Waals surface area contributed by atoms with Crippen LogP contribution in [0, 0.1) is 21.4 Å². The summed E-state index contributed by atoms with van der Waals surface area (Å²) >= 11 is 0. The second-order valence-electron chi connectivity index (χ2n) is 4.48. The molecule has 0 aliphatic rings. The number of likely N-dealkylation sites (N-methyl/N-ethyl adjacent to an activating group) is 1. The van der Waals surface area contributed by atoms with Crippen LogP contribution in [-0.2, 0) is 4.79 Å². The van der Waals surface area contributed by atoms with Crippen molar-refractivity contribution in [2.45, 2.75) is 20.3 Å². The van der Waals surface area contributed by atoms with Crippen LogP contribution in [0.3, 0.4) is 0 Å². The standard InChI is InChI=1S/C15H17N3O5/c1-4-10(11(8-16)15(20)17-5-2)9-6-12(18(21)22)14(19)13(7-9)23-3/h6-7,19H,4-5H2,1-3H3,(H,17,20). The van der Waals surface area contributed by atoms with Crippen molar-refractivity contribution in [1.29, 1.82) is 5.26 Å². The molecule has 0 saturated carbocycles. The number of nitrogens with zero attached hydrogens (tertiary/aromatic N) is 2. The molecule has 0 saturated heterocycles. The van der Waals surface area contributed by atoms with Crippen molar-refractivity contribution in [3.05, 3.63) is 33.4 Å². The minimum atomic E-state index is -0.757. The molecule has 1 aromatic carbocycles. The fourth-order valence-corrected chi connectivity index (χ4v) is 2.09. The normalized spacial score (nSPS) is 11.2. The topological polar surface area (TPSA) is 125 Å². The van der Waals surface area contributed by atoms with E-state index in [9.17, 15) is 25.3 Å². The molecule has 1 aromatic rings.